The number of rotatable bonds is 8. The molecule has 7 nitrogen and oxygen atoms in total. The first-order chi connectivity index (χ1) is 15.3. The highest BCUT2D eigenvalue weighted by atomic mass is 35.5. The average molecular weight is 511 g/mol. The molecule has 2 unspecified atom stereocenters. The summed E-state index contributed by atoms with van der Waals surface area (Å²) in [5.74, 6) is 0.891. The molecule has 0 spiro atoms. The topological polar surface area (TPSA) is 99.2 Å². The van der Waals surface area contributed by atoms with Crippen LogP contribution in [0.15, 0.2) is 60.0 Å². The summed E-state index contributed by atoms with van der Waals surface area (Å²) in [6.07, 6.45) is 5.62. The second-order valence-electron chi connectivity index (χ2n) is 8.12. The first-order valence-electron chi connectivity index (χ1n) is 10.5. The molecular weight excluding hydrogens is 483 g/mol. The molecule has 33 heavy (non-hydrogen) atoms. The Kier molecular flexibility index (Phi) is 8.42. The number of hydrogen-bond donors (Lipinski definition) is 2. The summed E-state index contributed by atoms with van der Waals surface area (Å²) in [7, 11) is -1.93. The SMILES string of the molecule is Cl.Cn1cnc(S(=O)(=O)NCCOc2ccc3c(c2)C(Cc2ccc(Cl)cc2)C(N)CC3)c1. The van der Waals surface area contributed by atoms with Gasteiger partial charge in [-0.2, -0.15) is 0 Å². The molecule has 1 aromatic heterocycles. The van der Waals surface area contributed by atoms with Gasteiger partial charge in [-0.05, 0) is 60.2 Å². The first kappa shape index (κ1) is 25.5. The van der Waals surface area contributed by atoms with E-state index >= 15 is 0 Å². The third-order valence-corrected chi connectivity index (χ3v) is 7.37. The third-order valence-electron chi connectivity index (χ3n) is 5.77. The maximum Gasteiger partial charge on any atom is 0.259 e. The number of nitrogens with one attached hydrogen (secondary N) is 1. The molecule has 0 saturated carbocycles. The molecule has 0 radical (unpaired) electrons. The first-order valence-corrected chi connectivity index (χ1v) is 12.4. The number of halogens is 2. The molecule has 1 aliphatic rings. The van der Waals surface area contributed by atoms with E-state index in [9.17, 15) is 8.42 Å². The highest BCUT2D eigenvalue weighted by molar-refractivity contribution is 7.89. The van der Waals surface area contributed by atoms with Crippen molar-refractivity contribution in [2.45, 2.75) is 36.2 Å². The van der Waals surface area contributed by atoms with Crippen LogP contribution in [0.4, 0.5) is 0 Å². The lowest BCUT2D eigenvalue weighted by Crippen LogP contribution is -2.34. The largest absolute Gasteiger partial charge is 0.492 e. The van der Waals surface area contributed by atoms with Crippen LogP contribution in [-0.4, -0.2) is 37.2 Å². The second-order valence-corrected chi connectivity index (χ2v) is 10.3. The van der Waals surface area contributed by atoms with Crippen LogP contribution in [0.5, 0.6) is 5.75 Å². The van der Waals surface area contributed by atoms with Crippen molar-refractivity contribution in [2.24, 2.45) is 12.8 Å². The number of ether oxygens (including phenoxy) is 1. The monoisotopic (exact) mass is 510 g/mol. The summed E-state index contributed by atoms with van der Waals surface area (Å²) in [6, 6.07) is 14.0. The Balaban J connectivity index is 0.00000306. The molecule has 1 aliphatic carbocycles. The summed E-state index contributed by atoms with van der Waals surface area (Å²) in [5.41, 5.74) is 10.2. The van der Waals surface area contributed by atoms with Crippen LogP contribution in [0.25, 0.3) is 0 Å². The van der Waals surface area contributed by atoms with Crippen LogP contribution in [0.3, 0.4) is 0 Å². The molecule has 0 amide bonds. The molecule has 2 aromatic carbocycles. The lowest BCUT2D eigenvalue weighted by molar-refractivity contribution is 0.321. The fraction of sp³-hybridized carbons (Fsp3) is 0.348. The molecular formula is C23H28Cl2N4O3S. The van der Waals surface area contributed by atoms with Gasteiger partial charge in [0.2, 0.25) is 0 Å². The molecule has 178 valence electrons. The van der Waals surface area contributed by atoms with E-state index in [4.69, 9.17) is 22.1 Å². The van der Waals surface area contributed by atoms with Crippen molar-refractivity contribution >= 4 is 34.0 Å². The van der Waals surface area contributed by atoms with Crippen molar-refractivity contribution in [3.63, 3.8) is 0 Å². The maximum atomic E-state index is 12.3. The molecule has 10 heteroatoms. The van der Waals surface area contributed by atoms with E-state index < -0.39 is 10.0 Å². The van der Waals surface area contributed by atoms with E-state index in [-0.39, 0.29) is 42.5 Å². The summed E-state index contributed by atoms with van der Waals surface area (Å²) in [5, 5.41) is 0.712. The molecule has 0 saturated heterocycles. The van der Waals surface area contributed by atoms with Crippen LogP contribution >= 0.6 is 24.0 Å². The molecule has 0 fully saturated rings. The minimum absolute atomic E-state index is 0. The summed E-state index contributed by atoms with van der Waals surface area (Å²) >= 11 is 6.02. The van der Waals surface area contributed by atoms with Gasteiger partial charge in [-0.1, -0.05) is 29.8 Å². The third kappa shape index (κ3) is 6.28. The van der Waals surface area contributed by atoms with Crippen molar-refractivity contribution in [1.82, 2.24) is 14.3 Å². The van der Waals surface area contributed by atoms with E-state index in [0.717, 1.165) is 24.3 Å². The molecule has 2 atom stereocenters. The number of fused-ring (bicyclic) bond motifs is 1. The van der Waals surface area contributed by atoms with Gasteiger partial charge in [0.1, 0.15) is 12.4 Å². The number of benzene rings is 2. The highest BCUT2D eigenvalue weighted by Crippen LogP contribution is 2.36. The number of nitrogens with zero attached hydrogens (tertiary/aromatic N) is 2. The Hall–Kier alpha value is -2.10. The Bertz CT molecular complexity index is 1180. The molecule has 4 rings (SSSR count). The predicted molar refractivity (Wildman–Crippen MR) is 132 cm³/mol. The molecule has 3 aromatic rings. The number of hydrogen-bond acceptors (Lipinski definition) is 5. The van der Waals surface area contributed by atoms with E-state index in [2.05, 4.69) is 15.8 Å². The Morgan fingerprint density at radius 2 is 2.00 bits per heavy atom. The van der Waals surface area contributed by atoms with Crippen molar-refractivity contribution in [3.05, 3.63) is 76.7 Å². The predicted octanol–water partition coefficient (Wildman–Crippen LogP) is 3.45. The molecule has 0 bridgehead atoms. The van der Waals surface area contributed by atoms with Gasteiger partial charge in [0.25, 0.3) is 10.0 Å². The van der Waals surface area contributed by atoms with Gasteiger partial charge in [-0.15, -0.1) is 12.4 Å². The zero-order chi connectivity index (χ0) is 22.7. The van der Waals surface area contributed by atoms with E-state index in [1.807, 2.05) is 36.4 Å². The standard InChI is InChI=1S/C23H27ClN4O3S.ClH/c1-28-14-23(26-15-28)32(29,30)27-10-11-31-19-8-4-17-5-9-22(25)21(20(17)13-19)12-16-2-6-18(24)7-3-16;/h2-4,6-8,13-15,21-22,27H,5,9-12,25H2,1H3;1H. The summed E-state index contributed by atoms with van der Waals surface area (Å²) < 4.78 is 34.5. The quantitative estimate of drug-likeness (QED) is 0.452. The van der Waals surface area contributed by atoms with Crippen molar-refractivity contribution in [3.8, 4) is 5.75 Å². The summed E-state index contributed by atoms with van der Waals surface area (Å²) in [4.78, 5) is 3.88. The smallest absolute Gasteiger partial charge is 0.259 e. The van der Waals surface area contributed by atoms with Crippen molar-refractivity contribution < 1.29 is 13.2 Å². The van der Waals surface area contributed by atoms with E-state index in [1.165, 1.54) is 29.2 Å². The van der Waals surface area contributed by atoms with Gasteiger partial charge in [-0.25, -0.2) is 18.1 Å². The fourth-order valence-electron chi connectivity index (χ4n) is 4.07. The number of imidazole rings is 1. The van der Waals surface area contributed by atoms with Crippen molar-refractivity contribution in [1.29, 1.82) is 0 Å². The zero-order valence-corrected chi connectivity index (χ0v) is 20.7. The second kappa shape index (κ2) is 10.9. The van der Waals surface area contributed by atoms with Gasteiger partial charge in [0.15, 0.2) is 5.03 Å². The number of aromatic nitrogens is 2. The fourth-order valence-corrected chi connectivity index (χ4v) is 5.19. The lowest BCUT2D eigenvalue weighted by atomic mass is 9.76. The van der Waals surface area contributed by atoms with Crippen molar-refractivity contribution in [2.75, 3.05) is 13.2 Å². The lowest BCUT2D eigenvalue weighted by Gasteiger charge is -2.32. The minimum atomic E-state index is -3.65. The van der Waals surface area contributed by atoms with Gasteiger partial charge >= 0.3 is 0 Å². The zero-order valence-electron chi connectivity index (χ0n) is 18.3. The number of aryl methyl sites for hydroxylation is 2. The van der Waals surface area contributed by atoms with Crippen LogP contribution in [0.1, 0.15) is 29.0 Å². The van der Waals surface area contributed by atoms with Crippen LogP contribution in [-0.2, 0) is 29.9 Å². The van der Waals surface area contributed by atoms with Crippen LogP contribution in [0.2, 0.25) is 5.02 Å². The molecule has 3 N–H and O–H groups in total. The number of sulfonamides is 1. The van der Waals surface area contributed by atoms with E-state index in [0.29, 0.717) is 5.75 Å². The molecule has 0 aliphatic heterocycles. The number of nitrogens with two attached hydrogens (primary N) is 1. The Labute approximate surface area is 205 Å². The normalized spacial score (nSPS) is 17.8. The average Bonchev–Trinajstić information content (AvgIpc) is 3.22. The van der Waals surface area contributed by atoms with Crippen LogP contribution in [0, 0.1) is 0 Å². The minimum Gasteiger partial charge on any atom is -0.492 e. The van der Waals surface area contributed by atoms with Crippen LogP contribution < -0.4 is 15.2 Å². The van der Waals surface area contributed by atoms with Gasteiger partial charge in [0.05, 0.1) is 6.33 Å². The molecule has 1 heterocycles. The van der Waals surface area contributed by atoms with Gasteiger partial charge in [0, 0.05) is 36.8 Å². The van der Waals surface area contributed by atoms with Gasteiger partial charge in [-0.3, -0.25) is 0 Å². The maximum absolute atomic E-state index is 12.3. The van der Waals surface area contributed by atoms with E-state index in [1.54, 1.807) is 11.6 Å². The highest BCUT2D eigenvalue weighted by Gasteiger charge is 2.27. The Morgan fingerprint density at radius 1 is 1.24 bits per heavy atom. The van der Waals surface area contributed by atoms with Gasteiger partial charge < -0.3 is 15.0 Å². The Morgan fingerprint density at radius 3 is 2.70 bits per heavy atom. The summed E-state index contributed by atoms with van der Waals surface area (Å²) in [6.45, 7) is 0.350.